The summed E-state index contributed by atoms with van der Waals surface area (Å²) < 4.78 is 11.2. The number of nitrogens with one attached hydrogen (secondary N) is 1. The predicted molar refractivity (Wildman–Crippen MR) is 212 cm³/mol. The highest BCUT2D eigenvalue weighted by Crippen LogP contribution is 2.22. The summed E-state index contributed by atoms with van der Waals surface area (Å²) in [5, 5.41) is 53.9. The lowest BCUT2D eigenvalue weighted by Crippen LogP contribution is -2.60. The first-order chi connectivity index (χ1) is 25.3. The van der Waals surface area contributed by atoms with Crippen molar-refractivity contribution in [2.75, 3.05) is 13.2 Å². The van der Waals surface area contributed by atoms with Crippen LogP contribution in [-0.4, -0.2) is 87.5 Å². The lowest BCUT2D eigenvalue weighted by atomic mass is 9.99. The summed E-state index contributed by atoms with van der Waals surface area (Å²) in [5.74, 6) is -0.177. The van der Waals surface area contributed by atoms with Crippen LogP contribution >= 0.6 is 0 Å². The lowest BCUT2D eigenvalue weighted by Gasteiger charge is -2.40. The van der Waals surface area contributed by atoms with Crippen LogP contribution in [0.2, 0.25) is 0 Å². The normalized spacial score (nSPS) is 21.9. The third-order valence-corrected chi connectivity index (χ3v) is 10.6. The Morgan fingerprint density at radius 3 is 1.50 bits per heavy atom. The van der Waals surface area contributed by atoms with Crippen LogP contribution in [-0.2, 0) is 14.3 Å². The van der Waals surface area contributed by atoms with E-state index in [4.69, 9.17) is 9.47 Å². The zero-order chi connectivity index (χ0) is 38.1. The number of amides is 1. The van der Waals surface area contributed by atoms with Gasteiger partial charge in [0.25, 0.3) is 0 Å². The number of carbonyl (C=O) groups excluding carboxylic acids is 1. The molecule has 6 N–H and O–H groups in total. The fourth-order valence-corrected chi connectivity index (χ4v) is 7.04. The molecular formula is C43H83NO8. The van der Waals surface area contributed by atoms with Gasteiger partial charge in [0.1, 0.15) is 24.4 Å². The maximum atomic E-state index is 12.9. The minimum atomic E-state index is -1.56. The van der Waals surface area contributed by atoms with Crippen LogP contribution in [0.5, 0.6) is 0 Å². The summed E-state index contributed by atoms with van der Waals surface area (Å²) in [6.07, 6.45) is 31.3. The van der Waals surface area contributed by atoms with E-state index in [9.17, 15) is 30.3 Å². The molecule has 1 aliphatic rings. The second kappa shape index (κ2) is 34.4. The Labute approximate surface area is 318 Å². The monoisotopic (exact) mass is 742 g/mol. The first kappa shape index (κ1) is 48.9. The number of allylic oxidation sites excluding steroid dienone is 1. The highest BCUT2D eigenvalue weighted by Gasteiger charge is 2.44. The lowest BCUT2D eigenvalue weighted by molar-refractivity contribution is -0.302. The molecule has 0 bridgehead atoms. The van der Waals surface area contributed by atoms with E-state index in [0.717, 1.165) is 38.5 Å². The SMILES string of the molecule is CCCCCCCC/C=C/C(O)C(COC1OC(CO)C(O)C(O)C1O)NC(=O)CCCCCCCCCCCCCCCCCCCCCCC. The van der Waals surface area contributed by atoms with Crippen molar-refractivity contribution in [1.29, 1.82) is 0 Å². The van der Waals surface area contributed by atoms with Crippen molar-refractivity contribution < 1.29 is 39.8 Å². The molecule has 0 aromatic heterocycles. The second-order valence-corrected chi connectivity index (χ2v) is 15.5. The molecule has 7 atom stereocenters. The Hall–Kier alpha value is -1.07. The molecule has 0 radical (unpaired) electrons. The molecule has 9 nitrogen and oxygen atoms in total. The van der Waals surface area contributed by atoms with E-state index in [2.05, 4.69) is 19.2 Å². The van der Waals surface area contributed by atoms with Gasteiger partial charge < -0.3 is 40.3 Å². The first-order valence-corrected chi connectivity index (χ1v) is 21.9. The fourth-order valence-electron chi connectivity index (χ4n) is 7.04. The highest BCUT2D eigenvalue weighted by atomic mass is 16.7. The molecule has 1 rings (SSSR count). The Balaban J connectivity index is 2.25. The summed E-state index contributed by atoms with van der Waals surface area (Å²) >= 11 is 0. The van der Waals surface area contributed by atoms with Gasteiger partial charge in [-0.1, -0.05) is 187 Å². The number of aliphatic hydroxyl groups is 5. The van der Waals surface area contributed by atoms with Gasteiger partial charge in [-0.05, 0) is 19.3 Å². The Morgan fingerprint density at radius 1 is 0.635 bits per heavy atom. The summed E-state index contributed by atoms with van der Waals surface area (Å²) in [5.41, 5.74) is 0. The van der Waals surface area contributed by atoms with Crippen LogP contribution in [0.25, 0.3) is 0 Å². The van der Waals surface area contributed by atoms with Gasteiger partial charge in [-0.2, -0.15) is 0 Å². The standard InChI is InChI=1S/C43H83NO8/c1-3-5-7-9-11-13-14-15-16-17-18-19-20-21-22-23-24-25-27-29-31-33-39(47)44-36(37(46)32-30-28-26-12-10-8-6-4-2)35-51-43-42(50)41(49)40(48)38(34-45)52-43/h30,32,36-38,40-43,45-46,48-50H,3-29,31,33-35H2,1-2H3,(H,44,47)/b32-30+. The number of unbranched alkanes of at least 4 members (excludes halogenated alkanes) is 26. The van der Waals surface area contributed by atoms with Gasteiger partial charge in [-0.3, -0.25) is 4.79 Å². The minimum Gasteiger partial charge on any atom is -0.394 e. The number of carbonyl (C=O) groups is 1. The average Bonchev–Trinajstić information content (AvgIpc) is 3.14. The van der Waals surface area contributed by atoms with Gasteiger partial charge in [0.2, 0.25) is 5.91 Å². The van der Waals surface area contributed by atoms with Crippen molar-refractivity contribution in [3.8, 4) is 0 Å². The molecule has 9 heteroatoms. The van der Waals surface area contributed by atoms with E-state index < -0.39 is 49.5 Å². The number of ether oxygens (including phenoxy) is 2. The summed E-state index contributed by atoms with van der Waals surface area (Å²) in [4.78, 5) is 12.9. The van der Waals surface area contributed by atoms with Crippen molar-refractivity contribution in [3.63, 3.8) is 0 Å². The highest BCUT2D eigenvalue weighted by molar-refractivity contribution is 5.76. The molecule has 0 spiro atoms. The van der Waals surface area contributed by atoms with Crippen molar-refractivity contribution in [2.24, 2.45) is 0 Å². The molecule has 52 heavy (non-hydrogen) atoms. The molecule has 1 amide bonds. The summed E-state index contributed by atoms with van der Waals surface area (Å²) in [6, 6.07) is -0.796. The van der Waals surface area contributed by atoms with Gasteiger partial charge in [0.05, 0.1) is 25.4 Å². The third-order valence-electron chi connectivity index (χ3n) is 10.6. The van der Waals surface area contributed by atoms with Crippen molar-refractivity contribution in [3.05, 3.63) is 12.2 Å². The molecule has 1 fully saturated rings. The van der Waals surface area contributed by atoms with Crippen LogP contribution in [0, 0.1) is 0 Å². The van der Waals surface area contributed by atoms with Crippen LogP contribution in [0.4, 0.5) is 0 Å². The van der Waals surface area contributed by atoms with E-state index in [0.29, 0.717) is 6.42 Å². The first-order valence-electron chi connectivity index (χ1n) is 21.9. The largest absolute Gasteiger partial charge is 0.394 e. The third kappa shape index (κ3) is 25.1. The van der Waals surface area contributed by atoms with Gasteiger partial charge in [-0.15, -0.1) is 0 Å². The molecule has 1 saturated heterocycles. The fraction of sp³-hybridized carbons (Fsp3) is 0.930. The van der Waals surface area contributed by atoms with Gasteiger partial charge in [0, 0.05) is 6.42 Å². The van der Waals surface area contributed by atoms with E-state index in [1.807, 2.05) is 6.08 Å². The molecule has 308 valence electrons. The van der Waals surface area contributed by atoms with Crippen molar-refractivity contribution >= 4 is 5.91 Å². The Bertz CT molecular complexity index is 827. The zero-order valence-corrected chi connectivity index (χ0v) is 33.6. The molecular weight excluding hydrogens is 658 g/mol. The molecule has 1 aliphatic heterocycles. The zero-order valence-electron chi connectivity index (χ0n) is 33.6. The predicted octanol–water partition coefficient (Wildman–Crippen LogP) is 8.56. The molecule has 0 aliphatic carbocycles. The summed E-state index contributed by atoms with van der Waals surface area (Å²) in [6.45, 7) is 3.73. The van der Waals surface area contributed by atoms with Crippen LogP contribution in [0.15, 0.2) is 12.2 Å². The molecule has 7 unspecified atom stereocenters. The van der Waals surface area contributed by atoms with E-state index in [-0.39, 0.29) is 12.5 Å². The van der Waals surface area contributed by atoms with Gasteiger partial charge in [-0.25, -0.2) is 0 Å². The Kier molecular flexibility index (Phi) is 32.4. The number of hydrogen-bond donors (Lipinski definition) is 6. The molecule has 1 heterocycles. The topological polar surface area (TPSA) is 149 Å². The average molecular weight is 742 g/mol. The molecule has 0 aromatic rings. The van der Waals surface area contributed by atoms with Crippen LogP contribution < -0.4 is 5.32 Å². The maximum Gasteiger partial charge on any atom is 0.220 e. The number of rotatable bonds is 36. The quantitative estimate of drug-likeness (QED) is 0.0277. The van der Waals surface area contributed by atoms with Crippen molar-refractivity contribution in [2.45, 2.75) is 243 Å². The molecule has 0 aromatic carbocycles. The van der Waals surface area contributed by atoms with Gasteiger partial charge in [0.15, 0.2) is 6.29 Å². The van der Waals surface area contributed by atoms with E-state index in [1.165, 1.54) is 141 Å². The summed E-state index contributed by atoms with van der Waals surface area (Å²) in [7, 11) is 0. The second-order valence-electron chi connectivity index (χ2n) is 15.5. The minimum absolute atomic E-state index is 0.177. The van der Waals surface area contributed by atoms with E-state index in [1.54, 1.807) is 6.08 Å². The van der Waals surface area contributed by atoms with Crippen LogP contribution in [0.3, 0.4) is 0 Å². The number of hydrogen-bond acceptors (Lipinski definition) is 8. The maximum absolute atomic E-state index is 12.9. The van der Waals surface area contributed by atoms with Crippen LogP contribution in [0.1, 0.15) is 200 Å². The van der Waals surface area contributed by atoms with E-state index >= 15 is 0 Å². The number of aliphatic hydroxyl groups excluding tert-OH is 5. The van der Waals surface area contributed by atoms with Crippen molar-refractivity contribution in [1.82, 2.24) is 5.32 Å². The smallest absolute Gasteiger partial charge is 0.220 e. The van der Waals surface area contributed by atoms with Gasteiger partial charge >= 0.3 is 0 Å². The molecule has 0 saturated carbocycles. The Morgan fingerprint density at radius 2 is 1.06 bits per heavy atom.